The Balaban J connectivity index is 2.37. The van der Waals surface area contributed by atoms with Crippen LogP contribution in [0.5, 0.6) is 0 Å². The van der Waals surface area contributed by atoms with Crippen molar-refractivity contribution >= 4 is 57.1 Å². The molecule has 12 nitrogen and oxygen atoms in total. The number of esters is 1. The number of halogens is 3. The Morgan fingerprint density at radius 3 is 2.55 bits per heavy atom. The molecule has 40 heavy (non-hydrogen) atoms. The zero-order valence-corrected chi connectivity index (χ0v) is 23.5. The number of carbonyl (C=O) groups excluding carboxylic acids is 6. The number of nitrogens with one attached hydrogen (secondary N) is 5. The predicted molar refractivity (Wildman–Crippen MR) is 141 cm³/mol. The Morgan fingerprint density at radius 1 is 1.12 bits per heavy atom. The van der Waals surface area contributed by atoms with E-state index in [-0.39, 0.29) is 12.2 Å². The number of alkyl halides is 3. The number of hydrogen-bond donors (Lipinski definition) is 5. The lowest BCUT2D eigenvalue weighted by molar-refractivity contribution is -0.149. The van der Waals surface area contributed by atoms with E-state index >= 15 is 0 Å². The molecule has 2 heterocycles. The van der Waals surface area contributed by atoms with Crippen molar-refractivity contribution in [2.45, 2.75) is 69.4 Å². The molecule has 0 saturated carbocycles. The van der Waals surface area contributed by atoms with Gasteiger partial charge in [-0.2, -0.15) is 13.2 Å². The lowest BCUT2D eigenvalue weighted by Gasteiger charge is -2.29. The number of hydrogen-bond acceptors (Lipinski definition) is 9. The van der Waals surface area contributed by atoms with Crippen LogP contribution in [0.4, 0.5) is 13.2 Å². The van der Waals surface area contributed by atoms with Gasteiger partial charge in [0.05, 0.1) is 6.42 Å². The van der Waals surface area contributed by atoms with Crippen LogP contribution in [0.3, 0.4) is 0 Å². The minimum Gasteiger partial charge on any atom is -0.456 e. The molecule has 5 N–H and O–H groups in total. The lowest BCUT2D eigenvalue weighted by Crippen LogP contribution is -2.61. The maximum Gasteiger partial charge on any atom is 0.405 e. The summed E-state index contributed by atoms with van der Waals surface area (Å²) in [7, 11) is 2.68. The van der Waals surface area contributed by atoms with Gasteiger partial charge in [0.15, 0.2) is 0 Å². The fraction of sp³-hybridized carbons (Fsp3) is 0.652. The minimum atomic E-state index is -4.63. The van der Waals surface area contributed by atoms with E-state index in [0.717, 1.165) is 0 Å². The number of amides is 5. The molecular formula is C23H32F3N5O7S2. The molecule has 0 aromatic rings. The van der Waals surface area contributed by atoms with E-state index in [0.29, 0.717) is 12.2 Å². The van der Waals surface area contributed by atoms with E-state index in [1.807, 2.05) is 0 Å². The zero-order valence-electron chi connectivity index (χ0n) is 21.9. The Morgan fingerprint density at radius 2 is 1.85 bits per heavy atom. The second-order valence-corrected chi connectivity index (χ2v) is 12.1. The third-order valence-electron chi connectivity index (χ3n) is 5.53. The fourth-order valence-corrected chi connectivity index (χ4v) is 5.60. The first-order valence-electron chi connectivity index (χ1n) is 12.3. The molecule has 0 radical (unpaired) electrons. The van der Waals surface area contributed by atoms with Crippen LogP contribution in [0, 0.1) is 0 Å². The predicted octanol–water partition coefficient (Wildman–Crippen LogP) is 0.0825. The van der Waals surface area contributed by atoms with E-state index in [2.05, 4.69) is 21.3 Å². The fourth-order valence-electron chi connectivity index (χ4n) is 3.45. The van der Waals surface area contributed by atoms with Crippen molar-refractivity contribution in [1.29, 1.82) is 0 Å². The van der Waals surface area contributed by atoms with Crippen LogP contribution < -0.4 is 26.6 Å². The van der Waals surface area contributed by atoms with Gasteiger partial charge in [0, 0.05) is 17.9 Å². The van der Waals surface area contributed by atoms with Crippen LogP contribution in [0.1, 0.15) is 39.5 Å². The van der Waals surface area contributed by atoms with Crippen molar-refractivity contribution < 1.29 is 46.7 Å². The quantitative estimate of drug-likeness (QED) is 0.168. The van der Waals surface area contributed by atoms with E-state index < -0.39 is 91.3 Å². The van der Waals surface area contributed by atoms with Gasteiger partial charge >= 0.3 is 12.1 Å². The van der Waals surface area contributed by atoms with Crippen LogP contribution in [-0.2, 0) is 33.5 Å². The molecule has 2 aliphatic rings. The van der Waals surface area contributed by atoms with Crippen LogP contribution in [-0.4, -0.2) is 90.0 Å². The van der Waals surface area contributed by atoms with Crippen molar-refractivity contribution in [3.05, 3.63) is 12.2 Å². The molecular weight excluding hydrogens is 579 g/mol. The molecule has 3 atom stereocenters. The summed E-state index contributed by atoms with van der Waals surface area (Å²) < 4.78 is 42.7. The second kappa shape index (κ2) is 15.2. The van der Waals surface area contributed by atoms with Gasteiger partial charge in [-0.3, -0.25) is 28.8 Å². The van der Waals surface area contributed by atoms with Crippen LogP contribution in [0.15, 0.2) is 12.2 Å². The number of allylic oxidation sites excluding steroid dienone is 1. The number of rotatable bonds is 4. The van der Waals surface area contributed by atoms with Gasteiger partial charge in [0.2, 0.25) is 29.5 Å². The number of ether oxygens (including phenoxy) is 1. The molecule has 17 heteroatoms. The number of carbonyl (C=O) groups is 6. The van der Waals surface area contributed by atoms with Crippen molar-refractivity contribution in [2.75, 3.05) is 24.6 Å². The van der Waals surface area contributed by atoms with E-state index in [1.54, 1.807) is 11.4 Å². The molecule has 224 valence electrons. The SMILES string of the molecule is CC1(C)NC(=O)[C@H]2CSSCC/C=C/[C@H](CC(=O)N[C@H](CCC(=O)NCC(F)(F)F)C(=O)N2)OC(=O)CNC1=O. The first kappa shape index (κ1) is 33.3. The maximum atomic E-state index is 13.2. The molecule has 2 bridgehead atoms. The monoisotopic (exact) mass is 611 g/mol. The van der Waals surface area contributed by atoms with Gasteiger partial charge in [-0.05, 0) is 32.8 Å². The van der Waals surface area contributed by atoms with Gasteiger partial charge in [-0.25, -0.2) is 0 Å². The standard InChI is InChI=1S/C23H32F3N5O7S2/c1-22(2)21(37)27-10-18(34)38-13-5-3-4-8-39-40-11-15(20(36)31-22)30-19(35)14(29-17(33)9-13)6-7-16(32)28-12-23(24,25)26/h3,5,13-15H,4,6-12H2,1-2H3,(H,27,37)(H,28,32)(H,29,33)(H,30,35)(H,31,36)/b5-3+/t13-,14-,15-/m1/s1. The molecule has 1 fully saturated rings. The third kappa shape index (κ3) is 12.1. The third-order valence-corrected chi connectivity index (χ3v) is 7.98. The summed E-state index contributed by atoms with van der Waals surface area (Å²) in [5.41, 5.74) is -1.49. The normalized spacial score (nSPS) is 26.2. The van der Waals surface area contributed by atoms with Crippen molar-refractivity contribution in [2.24, 2.45) is 0 Å². The highest BCUT2D eigenvalue weighted by molar-refractivity contribution is 8.76. The van der Waals surface area contributed by atoms with Gasteiger partial charge in [0.1, 0.15) is 36.8 Å². The first-order chi connectivity index (χ1) is 18.7. The lowest BCUT2D eigenvalue weighted by atomic mass is 10.0. The summed E-state index contributed by atoms with van der Waals surface area (Å²) in [6.45, 7) is 0.704. The molecule has 0 spiro atoms. The molecule has 0 aliphatic carbocycles. The molecule has 0 unspecified atom stereocenters. The number of fused-ring (bicyclic) bond motifs is 7. The highest BCUT2D eigenvalue weighted by Gasteiger charge is 2.35. The Hall–Kier alpha value is -2.95. The summed E-state index contributed by atoms with van der Waals surface area (Å²) in [5.74, 6) is -4.24. The van der Waals surface area contributed by atoms with Crippen molar-refractivity contribution in [3.63, 3.8) is 0 Å². The Bertz CT molecular complexity index is 1010. The highest BCUT2D eigenvalue weighted by atomic mass is 33.1. The average Bonchev–Trinajstić information content (AvgIpc) is 2.85. The van der Waals surface area contributed by atoms with Crippen LogP contribution in [0.2, 0.25) is 0 Å². The summed E-state index contributed by atoms with van der Waals surface area (Å²) in [6.07, 6.45) is -3.29. The van der Waals surface area contributed by atoms with Gasteiger partial charge in [0.25, 0.3) is 0 Å². The van der Waals surface area contributed by atoms with E-state index in [9.17, 15) is 41.9 Å². The topological polar surface area (TPSA) is 172 Å². The minimum absolute atomic E-state index is 0.0701. The van der Waals surface area contributed by atoms with Gasteiger partial charge in [-0.15, -0.1) is 0 Å². The molecule has 2 aliphatic heterocycles. The maximum absolute atomic E-state index is 13.2. The first-order valence-corrected chi connectivity index (χ1v) is 14.8. The molecule has 5 amide bonds. The zero-order chi connectivity index (χ0) is 29.9. The Kier molecular flexibility index (Phi) is 12.6. The van der Waals surface area contributed by atoms with Gasteiger partial charge in [-0.1, -0.05) is 27.7 Å². The largest absolute Gasteiger partial charge is 0.456 e. The molecule has 0 aromatic carbocycles. The van der Waals surface area contributed by atoms with Crippen LogP contribution >= 0.6 is 21.6 Å². The van der Waals surface area contributed by atoms with E-state index in [4.69, 9.17) is 4.74 Å². The van der Waals surface area contributed by atoms with E-state index in [1.165, 1.54) is 41.5 Å². The van der Waals surface area contributed by atoms with Crippen molar-refractivity contribution in [1.82, 2.24) is 26.6 Å². The summed E-state index contributed by atoms with van der Waals surface area (Å²) >= 11 is 0. The molecule has 0 aromatic heterocycles. The summed E-state index contributed by atoms with van der Waals surface area (Å²) in [4.78, 5) is 76.2. The highest BCUT2D eigenvalue weighted by Crippen LogP contribution is 2.24. The second-order valence-electron chi connectivity index (χ2n) is 9.46. The Labute approximate surface area is 236 Å². The smallest absolute Gasteiger partial charge is 0.405 e. The van der Waals surface area contributed by atoms with Crippen LogP contribution in [0.25, 0.3) is 0 Å². The van der Waals surface area contributed by atoms with Crippen molar-refractivity contribution in [3.8, 4) is 0 Å². The molecule has 1 saturated heterocycles. The average molecular weight is 612 g/mol. The van der Waals surface area contributed by atoms with Gasteiger partial charge < -0.3 is 31.3 Å². The summed E-state index contributed by atoms with van der Waals surface area (Å²) in [6, 6.07) is -2.59. The summed E-state index contributed by atoms with van der Waals surface area (Å²) in [5, 5.41) is 11.5. The molecule has 2 rings (SSSR count).